The van der Waals surface area contributed by atoms with Crippen molar-refractivity contribution in [1.29, 1.82) is 0 Å². The van der Waals surface area contributed by atoms with Crippen LogP contribution in [0, 0.1) is 0 Å². The first-order valence-corrected chi connectivity index (χ1v) is 5.13. The van der Waals surface area contributed by atoms with Crippen molar-refractivity contribution < 1.29 is 9.18 Å². The fraction of sp³-hybridized carbons (Fsp3) is 0.0769. The van der Waals surface area contributed by atoms with Crippen molar-refractivity contribution in [3.8, 4) is 0 Å². The van der Waals surface area contributed by atoms with Crippen molar-refractivity contribution in [2.45, 2.75) is 6.17 Å². The number of fused-ring (bicyclic) bond motifs is 1. The predicted octanol–water partition coefficient (Wildman–Crippen LogP) is 0.882. The highest BCUT2D eigenvalue weighted by molar-refractivity contribution is 5.54. The Morgan fingerprint density at radius 3 is 2.82 bits per heavy atom. The normalized spacial score (nSPS) is 15.6. The van der Waals surface area contributed by atoms with E-state index in [1.165, 1.54) is 6.08 Å². The zero-order valence-electron chi connectivity index (χ0n) is 9.08. The maximum atomic E-state index is 13.6. The van der Waals surface area contributed by atoms with Crippen molar-refractivity contribution in [3.05, 3.63) is 59.3 Å². The number of halogens is 1. The summed E-state index contributed by atoms with van der Waals surface area (Å²) >= 11 is 0. The molecule has 0 saturated heterocycles. The van der Waals surface area contributed by atoms with Gasteiger partial charge < -0.3 is 0 Å². The highest BCUT2D eigenvalue weighted by atomic mass is 19.1. The van der Waals surface area contributed by atoms with Crippen LogP contribution in [0.5, 0.6) is 0 Å². The Balaban J connectivity index is 2.61. The number of alkyl halides is 1. The molecule has 1 aliphatic heterocycles. The summed E-state index contributed by atoms with van der Waals surface area (Å²) < 4.78 is 13.6. The smallest absolute Gasteiger partial charge is 0.234 e. The standard InChI is InChI=1S/C13H11FN2O/c1-2-11(14)13-8-7-10-5-3-4-6-12(10)15-16(13)9-17/h2-9,11H,1H2. The molecule has 1 unspecified atom stereocenters. The van der Waals surface area contributed by atoms with Gasteiger partial charge in [0.15, 0.2) is 6.17 Å². The Morgan fingerprint density at radius 2 is 2.12 bits per heavy atom. The van der Waals surface area contributed by atoms with Gasteiger partial charge in [0.2, 0.25) is 6.41 Å². The number of carbonyl (C=O) groups is 1. The molecule has 17 heavy (non-hydrogen) atoms. The van der Waals surface area contributed by atoms with Crippen LogP contribution < -0.4 is 10.6 Å². The van der Waals surface area contributed by atoms with Crippen molar-refractivity contribution in [2.24, 2.45) is 5.10 Å². The van der Waals surface area contributed by atoms with Crippen LogP contribution in [-0.4, -0.2) is 17.6 Å². The van der Waals surface area contributed by atoms with Gasteiger partial charge >= 0.3 is 0 Å². The summed E-state index contributed by atoms with van der Waals surface area (Å²) in [5.74, 6) is 0. The third-order valence-electron chi connectivity index (χ3n) is 2.44. The van der Waals surface area contributed by atoms with Crippen LogP contribution in [0.15, 0.2) is 53.8 Å². The number of rotatable bonds is 3. The molecule has 0 N–H and O–H groups in total. The molecule has 0 bridgehead atoms. The minimum atomic E-state index is -1.42. The molecule has 3 nitrogen and oxygen atoms in total. The molecule has 4 heteroatoms. The topological polar surface area (TPSA) is 32.7 Å². The van der Waals surface area contributed by atoms with Gasteiger partial charge in [0.1, 0.15) is 0 Å². The van der Waals surface area contributed by atoms with Gasteiger partial charge in [-0.05, 0) is 12.1 Å². The fourth-order valence-electron chi connectivity index (χ4n) is 1.57. The Bertz CT molecular complexity index is 592. The summed E-state index contributed by atoms with van der Waals surface area (Å²) in [6.07, 6.45) is 3.46. The van der Waals surface area contributed by atoms with E-state index in [4.69, 9.17) is 0 Å². The molecule has 2 rings (SSSR count). The van der Waals surface area contributed by atoms with Crippen LogP contribution in [0.3, 0.4) is 0 Å². The van der Waals surface area contributed by atoms with E-state index in [1.807, 2.05) is 18.2 Å². The molecule has 0 spiro atoms. The van der Waals surface area contributed by atoms with E-state index in [9.17, 15) is 9.18 Å². The van der Waals surface area contributed by atoms with E-state index in [0.29, 0.717) is 11.8 Å². The predicted molar refractivity (Wildman–Crippen MR) is 62.8 cm³/mol. The second kappa shape index (κ2) is 4.74. The number of allylic oxidation sites excluding steroid dienone is 2. The van der Waals surface area contributed by atoms with E-state index < -0.39 is 6.17 Å². The molecule has 1 heterocycles. The lowest BCUT2D eigenvalue weighted by molar-refractivity contribution is -0.117. The van der Waals surface area contributed by atoms with Gasteiger partial charge in [-0.3, -0.25) is 4.79 Å². The summed E-state index contributed by atoms with van der Waals surface area (Å²) in [6.45, 7) is 3.37. The molecule has 1 aromatic carbocycles. The summed E-state index contributed by atoms with van der Waals surface area (Å²) in [5.41, 5.74) is 0.159. The third kappa shape index (κ3) is 2.15. The van der Waals surface area contributed by atoms with Gasteiger partial charge in [0.05, 0.1) is 11.1 Å². The lowest BCUT2D eigenvalue weighted by Gasteiger charge is -2.15. The molecule has 1 atom stereocenters. The van der Waals surface area contributed by atoms with Crippen molar-refractivity contribution in [1.82, 2.24) is 5.01 Å². The highest BCUT2D eigenvalue weighted by Crippen LogP contribution is 2.13. The van der Waals surface area contributed by atoms with E-state index in [-0.39, 0.29) is 5.70 Å². The largest absolute Gasteiger partial charge is 0.276 e. The van der Waals surface area contributed by atoms with Gasteiger partial charge in [0.25, 0.3) is 0 Å². The maximum Gasteiger partial charge on any atom is 0.234 e. The number of nitrogens with zero attached hydrogens (tertiary/aromatic N) is 2. The molecule has 0 fully saturated rings. The molecule has 0 aromatic heterocycles. The Hall–Kier alpha value is -2.23. The average Bonchev–Trinajstić information content (AvgIpc) is 2.56. The first-order valence-electron chi connectivity index (χ1n) is 5.13. The molecular formula is C13H11FN2O. The van der Waals surface area contributed by atoms with Gasteiger partial charge in [-0.25, -0.2) is 9.40 Å². The monoisotopic (exact) mass is 230 g/mol. The van der Waals surface area contributed by atoms with Crippen LogP contribution in [0.2, 0.25) is 0 Å². The Labute approximate surface area is 97.9 Å². The average molecular weight is 230 g/mol. The van der Waals surface area contributed by atoms with Gasteiger partial charge in [-0.1, -0.05) is 36.9 Å². The second-order valence-corrected chi connectivity index (χ2v) is 3.50. The zero-order valence-corrected chi connectivity index (χ0v) is 9.08. The molecule has 1 amide bonds. The van der Waals surface area contributed by atoms with Crippen LogP contribution in [0.25, 0.3) is 6.08 Å². The summed E-state index contributed by atoms with van der Waals surface area (Å²) in [7, 11) is 0. The molecular weight excluding hydrogens is 219 g/mol. The molecule has 0 saturated carbocycles. The number of benzene rings is 1. The number of amides is 1. The quantitative estimate of drug-likeness (QED) is 0.560. The van der Waals surface area contributed by atoms with Crippen molar-refractivity contribution in [2.75, 3.05) is 0 Å². The number of carbonyl (C=O) groups excluding carboxylic acids is 1. The first kappa shape index (κ1) is 11.3. The van der Waals surface area contributed by atoms with Crippen LogP contribution in [0.1, 0.15) is 0 Å². The minimum Gasteiger partial charge on any atom is -0.276 e. The second-order valence-electron chi connectivity index (χ2n) is 3.50. The van der Waals surface area contributed by atoms with Crippen LogP contribution >= 0.6 is 0 Å². The summed E-state index contributed by atoms with van der Waals surface area (Å²) in [5, 5.41) is 6.55. The summed E-state index contributed by atoms with van der Waals surface area (Å²) in [6, 6.07) is 7.28. The van der Waals surface area contributed by atoms with E-state index in [2.05, 4.69) is 11.7 Å². The molecule has 86 valence electrons. The van der Waals surface area contributed by atoms with E-state index in [0.717, 1.165) is 16.3 Å². The highest BCUT2D eigenvalue weighted by Gasteiger charge is 2.16. The minimum absolute atomic E-state index is 0.159. The van der Waals surface area contributed by atoms with Crippen molar-refractivity contribution >= 4 is 12.5 Å². The summed E-state index contributed by atoms with van der Waals surface area (Å²) in [4.78, 5) is 10.9. The molecule has 1 aromatic rings. The Morgan fingerprint density at radius 1 is 1.35 bits per heavy atom. The molecule has 1 aliphatic rings. The maximum absolute atomic E-state index is 13.6. The molecule has 0 radical (unpaired) electrons. The first-order chi connectivity index (χ1) is 8.26. The fourth-order valence-corrected chi connectivity index (χ4v) is 1.57. The molecule has 0 aliphatic carbocycles. The van der Waals surface area contributed by atoms with Gasteiger partial charge in [-0.2, -0.15) is 5.10 Å². The van der Waals surface area contributed by atoms with E-state index in [1.54, 1.807) is 12.1 Å². The lowest BCUT2D eigenvalue weighted by Crippen LogP contribution is -2.28. The van der Waals surface area contributed by atoms with Gasteiger partial charge in [0, 0.05) is 5.22 Å². The van der Waals surface area contributed by atoms with Crippen LogP contribution in [0.4, 0.5) is 4.39 Å². The number of hydrogen-bond donors (Lipinski definition) is 0. The third-order valence-corrected chi connectivity index (χ3v) is 2.44. The van der Waals surface area contributed by atoms with E-state index >= 15 is 0 Å². The lowest BCUT2D eigenvalue weighted by atomic mass is 10.2. The SMILES string of the molecule is C=CC(F)C1=CC=c2ccccc2=NN1C=O. The number of hydrogen-bond acceptors (Lipinski definition) is 2. The zero-order chi connectivity index (χ0) is 12.3. The Kier molecular flexibility index (Phi) is 3.14. The van der Waals surface area contributed by atoms with Crippen LogP contribution in [-0.2, 0) is 4.79 Å². The van der Waals surface area contributed by atoms with Crippen molar-refractivity contribution in [3.63, 3.8) is 0 Å². The van der Waals surface area contributed by atoms with Gasteiger partial charge in [-0.15, -0.1) is 0 Å².